The second-order valence-electron chi connectivity index (χ2n) is 4.27. The van der Waals surface area contributed by atoms with Crippen molar-refractivity contribution in [2.24, 2.45) is 0 Å². The van der Waals surface area contributed by atoms with E-state index in [2.05, 4.69) is 4.72 Å². The van der Waals surface area contributed by atoms with E-state index < -0.39 is 28.4 Å². The highest BCUT2D eigenvalue weighted by molar-refractivity contribution is 7.89. The third-order valence-corrected chi connectivity index (χ3v) is 3.76. The van der Waals surface area contributed by atoms with Crippen molar-refractivity contribution < 1.29 is 22.3 Å². The standard InChI is InChI=1S/C12H16FNO4S/c1-8(2)18-12(15)7-14-19(16,17)11-6-10(13)5-4-9(11)3/h4-6,8,14H,7H2,1-3H3. The van der Waals surface area contributed by atoms with Gasteiger partial charge in [-0.1, -0.05) is 6.07 Å². The first-order valence-electron chi connectivity index (χ1n) is 5.67. The minimum atomic E-state index is -3.94. The van der Waals surface area contributed by atoms with Crippen molar-refractivity contribution in [3.8, 4) is 0 Å². The van der Waals surface area contributed by atoms with Gasteiger partial charge in [0.05, 0.1) is 11.0 Å². The monoisotopic (exact) mass is 289 g/mol. The number of sulfonamides is 1. The van der Waals surface area contributed by atoms with Crippen molar-refractivity contribution in [3.05, 3.63) is 29.6 Å². The first-order valence-corrected chi connectivity index (χ1v) is 7.16. The maximum absolute atomic E-state index is 13.1. The Morgan fingerprint density at radius 1 is 1.42 bits per heavy atom. The molecule has 0 bridgehead atoms. The fourth-order valence-corrected chi connectivity index (χ4v) is 2.62. The molecule has 0 atom stereocenters. The van der Waals surface area contributed by atoms with Crippen molar-refractivity contribution in [2.45, 2.75) is 31.8 Å². The van der Waals surface area contributed by atoms with Gasteiger partial charge in [0.2, 0.25) is 10.0 Å². The number of aryl methyl sites for hydroxylation is 1. The molecule has 0 aliphatic carbocycles. The van der Waals surface area contributed by atoms with Crippen LogP contribution in [-0.2, 0) is 19.6 Å². The van der Waals surface area contributed by atoms with Crippen LogP contribution in [0.25, 0.3) is 0 Å². The number of carbonyl (C=O) groups excluding carboxylic acids is 1. The summed E-state index contributed by atoms with van der Waals surface area (Å²) >= 11 is 0. The summed E-state index contributed by atoms with van der Waals surface area (Å²) in [5.74, 6) is -1.34. The van der Waals surface area contributed by atoms with Crippen molar-refractivity contribution in [1.29, 1.82) is 0 Å². The van der Waals surface area contributed by atoms with Crippen LogP contribution in [-0.4, -0.2) is 27.0 Å². The van der Waals surface area contributed by atoms with Crippen LogP contribution in [0.4, 0.5) is 4.39 Å². The molecule has 19 heavy (non-hydrogen) atoms. The Labute approximate surface area is 111 Å². The Morgan fingerprint density at radius 2 is 2.05 bits per heavy atom. The maximum atomic E-state index is 13.1. The maximum Gasteiger partial charge on any atom is 0.321 e. The van der Waals surface area contributed by atoms with E-state index in [0.29, 0.717) is 5.56 Å². The van der Waals surface area contributed by atoms with Gasteiger partial charge in [0.15, 0.2) is 0 Å². The zero-order valence-corrected chi connectivity index (χ0v) is 11.8. The fraction of sp³-hybridized carbons (Fsp3) is 0.417. The van der Waals surface area contributed by atoms with Gasteiger partial charge in [-0.3, -0.25) is 4.79 Å². The van der Waals surface area contributed by atoms with Crippen molar-refractivity contribution in [2.75, 3.05) is 6.54 Å². The van der Waals surface area contributed by atoms with E-state index in [1.165, 1.54) is 12.1 Å². The molecule has 0 aromatic heterocycles. The minimum Gasteiger partial charge on any atom is -0.462 e. The molecule has 0 unspecified atom stereocenters. The number of nitrogens with one attached hydrogen (secondary N) is 1. The van der Waals surface area contributed by atoms with Crippen LogP contribution >= 0.6 is 0 Å². The van der Waals surface area contributed by atoms with E-state index in [4.69, 9.17) is 4.74 Å². The molecular weight excluding hydrogens is 273 g/mol. The molecule has 0 fully saturated rings. The number of ether oxygens (including phenoxy) is 1. The highest BCUT2D eigenvalue weighted by Crippen LogP contribution is 2.15. The Bertz CT molecular complexity index is 569. The van der Waals surface area contributed by atoms with Crippen LogP contribution in [0.5, 0.6) is 0 Å². The first kappa shape index (κ1) is 15.6. The number of benzene rings is 1. The van der Waals surface area contributed by atoms with E-state index in [9.17, 15) is 17.6 Å². The Morgan fingerprint density at radius 3 is 2.63 bits per heavy atom. The largest absolute Gasteiger partial charge is 0.462 e. The number of hydrogen-bond donors (Lipinski definition) is 1. The molecule has 0 saturated carbocycles. The molecule has 1 rings (SSSR count). The molecule has 0 amide bonds. The van der Waals surface area contributed by atoms with Gasteiger partial charge < -0.3 is 4.74 Å². The van der Waals surface area contributed by atoms with Gasteiger partial charge in [-0.15, -0.1) is 0 Å². The molecule has 5 nitrogen and oxygen atoms in total. The lowest BCUT2D eigenvalue weighted by Gasteiger charge is -2.10. The van der Waals surface area contributed by atoms with Crippen LogP contribution in [0.3, 0.4) is 0 Å². The van der Waals surface area contributed by atoms with E-state index in [1.54, 1.807) is 20.8 Å². The molecule has 0 radical (unpaired) electrons. The molecule has 106 valence electrons. The van der Waals surface area contributed by atoms with Crippen LogP contribution in [0, 0.1) is 12.7 Å². The van der Waals surface area contributed by atoms with Gasteiger partial charge >= 0.3 is 5.97 Å². The van der Waals surface area contributed by atoms with Gasteiger partial charge in [-0.2, -0.15) is 4.72 Å². The molecular formula is C12H16FNO4S. The number of halogens is 1. The van der Waals surface area contributed by atoms with Gasteiger partial charge in [0, 0.05) is 0 Å². The lowest BCUT2D eigenvalue weighted by Crippen LogP contribution is -2.32. The summed E-state index contributed by atoms with van der Waals surface area (Å²) in [4.78, 5) is 11.1. The number of esters is 1. The molecule has 0 saturated heterocycles. The average Bonchev–Trinajstić information content (AvgIpc) is 2.29. The molecule has 7 heteroatoms. The summed E-state index contributed by atoms with van der Waals surface area (Å²) in [5, 5.41) is 0. The van der Waals surface area contributed by atoms with Crippen LogP contribution < -0.4 is 4.72 Å². The highest BCUT2D eigenvalue weighted by atomic mass is 32.2. The van der Waals surface area contributed by atoms with Gasteiger partial charge in [-0.25, -0.2) is 12.8 Å². The van der Waals surface area contributed by atoms with E-state index in [0.717, 1.165) is 6.07 Å². The van der Waals surface area contributed by atoms with E-state index >= 15 is 0 Å². The average molecular weight is 289 g/mol. The lowest BCUT2D eigenvalue weighted by atomic mass is 10.2. The summed E-state index contributed by atoms with van der Waals surface area (Å²) in [6, 6.07) is 3.43. The SMILES string of the molecule is Cc1ccc(F)cc1S(=O)(=O)NCC(=O)OC(C)C. The summed E-state index contributed by atoms with van der Waals surface area (Å²) in [7, 11) is -3.94. The van der Waals surface area contributed by atoms with E-state index in [1.807, 2.05) is 0 Å². The topological polar surface area (TPSA) is 72.5 Å². The molecule has 1 aromatic carbocycles. The number of rotatable bonds is 5. The van der Waals surface area contributed by atoms with Crippen LogP contribution in [0.15, 0.2) is 23.1 Å². The third-order valence-electron chi connectivity index (χ3n) is 2.21. The zero-order chi connectivity index (χ0) is 14.6. The minimum absolute atomic E-state index is 0.190. The Balaban J connectivity index is 2.82. The summed E-state index contributed by atoms with van der Waals surface area (Å²) < 4.78 is 43.8. The van der Waals surface area contributed by atoms with Crippen LogP contribution in [0.2, 0.25) is 0 Å². The van der Waals surface area contributed by atoms with Gasteiger partial charge in [-0.05, 0) is 38.5 Å². The molecule has 0 heterocycles. The highest BCUT2D eigenvalue weighted by Gasteiger charge is 2.19. The first-order chi connectivity index (χ1) is 8.72. The summed E-state index contributed by atoms with van der Waals surface area (Å²) in [6.45, 7) is 4.36. The second-order valence-corrected chi connectivity index (χ2v) is 6.01. The van der Waals surface area contributed by atoms with E-state index in [-0.39, 0.29) is 11.0 Å². The molecule has 0 spiro atoms. The summed E-state index contributed by atoms with van der Waals surface area (Å²) in [6.07, 6.45) is -0.326. The fourth-order valence-electron chi connectivity index (χ4n) is 1.40. The normalized spacial score (nSPS) is 11.6. The van der Waals surface area contributed by atoms with Crippen molar-refractivity contribution >= 4 is 16.0 Å². The third kappa shape index (κ3) is 4.60. The smallest absolute Gasteiger partial charge is 0.321 e. The quantitative estimate of drug-likeness (QED) is 0.831. The predicted octanol–water partition coefficient (Wildman–Crippen LogP) is 1.36. The predicted molar refractivity (Wildman–Crippen MR) is 67.6 cm³/mol. The number of carbonyl (C=O) groups is 1. The molecule has 1 N–H and O–H groups in total. The molecule has 0 aliphatic heterocycles. The molecule has 1 aromatic rings. The van der Waals surface area contributed by atoms with Crippen LogP contribution in [0.1, 0.15) is 19.4 Å². The molecule has 0 aliphatic rings. The Hall–Kier alpha value is -1.47. The van der Waals surface area contributed by atoms with Crippen molar-refractivity contribution in [3.63, 3.8) is 0 Å². The zero-order valence-electron chi connectivity index (χ0n) is 10.9. The van der Waals surface area contributed by atoms with Gasteiger partial charge in [0.1, 0.15) is 12.4 Å². The van der Waals surface area contributed by atoms with Crippen molar-refractivity contribution in [1.82, 2.24) is 4.72 Å². The lowest BCUT2D eigenvalue weighted by molar-refractivity contribution is -0.145. The Kier molecular flexibility index (Phi) is 5.02. The second kappa shape index (κ2) is 6.12. The van der Waals surface area contributed by atoms with Gasteiger partial charge in [0.25, 0.3) is 0 Å². The number of hydrogen-bond acceptors (Lipinski definition) is 4. The summed E-state index contributed by atoms with van der Waals surface area (Å²) in [5.41, 5.74) is 0.395.